The number of carbonyl (C=O) groups is 1. The Morgan fingerprint density at radius 3 is 2.65 bits per heavy atom. The van der Waals surface area contributed by atoms with Crippen molar-refractivity contribution in [1.82, 2.24) is 5.32 Å². The lowest BCUT2D eigenvalue weighted by Crippen LogP contribution is -2.40. The summed E-state index contributed by atoms with van der Waals surface area (Å²) in [5, 5.41) is 15.7. The predicted octanol–water partition coefficient (Wildman–Crippen LogP) is 2.93. The first kappa shape index (κ1) is 16.9. The van der Waals surface area contributed by atoms with E-state index in [4.69, 9.17) is 9.15 Å². The number of urea groups is 1. The van der Waals surface area contributed by atoms with E-state index in [0.717, 1.165) is 5.56 Å². The third kappa shape index (κ3) is 4.26. The maximum absolute atomic E-state index is 12.1. The first-order valence-electron chi connectivity index (χ1n) is 7.30. The molecular formula is C17H22N2O4. The molecule has 0 bridgehead atoms. The summed E-state index contributed by atoms with van der Waals surface area (Å²) in [6, 6.07) is 8.52. The molecule has 0 fully saturated rings. The standard InChI is InChI=1S/C17H22N2O4/c1-11-5-7-14(22-4)13(9-11)19-16(20)18-10-17(3,21)15-8-6-12(2)23-15/h5-9,21H,10H2,1-4H3,(H2,18,19,20). The fourth-order valence-electron chi connectivity index (χ4n) is 2.15. The molecule has 0 aliphatic heterocycles. The molecule has 1 heterocycles. The van der Waals surface area contributed by atoms with Crippen molar-refractivity contribution >= 4 is 11.7 Å². The fraction of sp³-hybridized carbons (Fsp3) is 0.353. The fourth-order valence-corrected chi connectivity index (χ4v) is 2.15. The number of aliphatic hydroxyl groups is 1. The first-order chi connectivity index (χ1) is 10.8. The van der Waals surface area contributed by atoms with Gasteiger partial charge in [0.05, 0.1) is 19.3 Å². The molecule has 6 nitrogen and oxygen atoms in total. The lowest BCUT2D eigenvalue weighted by Gasteiger charge is -2.21. The van der Waals surface area contributed by atoms with Gasteiger partial charge < -0.3 is 24.9 Å². The smallest absolute Gasteiger partial charge is 0.319 e. The molecule has 0 spiro atoms. The van der Waals surface area contributed by atoms with Crippen LogP contribution >= 0.6 is 0 Å². The molecule has 1 aromatic carbocycles. The van der Waals surface area contributed by atoms with E-state index >= 15 is 0 Å². The zero-order valence-corrected chi connectivity index (χ0v) is 13.8. The molecule has 0 radical (unpaired) electrons. The summed E-state index contributed by atoms with van der Waals surface area (Å²) in [6.07, 6.45) is 0. The maximum Gasteiger partial charge on any atom is 0.319 e. The second-order valence-corrected chi connectivity index (χ2v) is 5.70. The minimum absolute atomic E-state index is 0.0138. The number of rotatable bonds is 5. The van der Waals surface area contributed by atoms with Gasteiger partial charge in [0.2, 0.25) is 0 Å². The minimum atomic E-state index is -1.29. The van der Waals surface area contributed by atoms with Crippen molar-refractivity contribution in [2.24, 2.45) is 0 Å². The number of ether oxygens (including phenoxy) is 1. The summed E-state index contributed by atoms with van der Waals surface area (Å²) in [5.74, 6) is 1.68. The molecule has 0 saturated carbocycles. The molecular weight excluding hydrogens is 296 g/mol. The average molecular weight is 318 g/mol. The quantitative estimate of drug-likeness (QED) is 0.791. The van der Waals surface area contributed by atoms with E-state index in [-0.39, 0.29) is 6.54 Å². The number of hydrogen-bond acceptors (Lipinski definition) is 4. The van der Waals surface area contributed by atoms with E-state index in [0.29, 0.717) is 23.0 Å². The highest BCUT2D eigenvalue weighted by molar-refractivity contribution is 5.91. The molecule has 0 saturated heterocycles. The number of amides is 2. The predicted molar refractivity (Wildman–Crippen MR) is 87.8 cm³/mol. The number of anilines is 1. The highest BCUT2D eigenvalue weighted by Gasteiger charge is 2.27. The van der Waals surface area contributed by atoms with Gasteiger partial charge in [-0.25, -0.2) is 4.79 Å². The van der Waals surface area contributed by atoms with Gasteiger partial charge in [-0.2, -0.15) is 0 Å². The van der Waals surface area contributed by atoms with Crippen molar-refractivity contribution in [2.75, 3.05) is 19.0 Å². The van der Waals surface area contributed by atoms with Crippen LogP contribution in [0.4, 0.5) is 10.5 Å². The molecule has 23 heavy (non-hydrogen) atoms. The molecule has 1 unspecified atom stereocenters. The zero-order valence-electron chi connectivity index (χ0n) is 13.8. The minimum Gasteiger partial charge on any atom is -0.495 e. The monoisotopic (exact) mass is 318 g/mol. The Balaban J connectivity index is 1.99. The zero-order chi connectivity index (χ0) is 17.0. The van der Waals surface area contributed by atoms with E-state index in [1.54, 1.807) is 32.0 Å². The Labute approximate surface area is 135 Å². The first-order valence-corrected chi connectivity index (χ1v) is 7.30. The van der Waals surface area contributed by atoms with Crippen LogP contribution in [0.3, 0.4) is 0 Å². The number of carbonyl (C=O) groups excluding carboxylic acids is 1. The Kier molecular flexibility index (Phi) is 4.95. The van der Waals surface area contributed by atoms with Crippen molar-refractivity contribution in [3.05, 3.63) is 47.4 Å². The summed E-state index contributed by atoms with van der Waals surface area (Å²) in [6.45, 7) is 5.31. The van der Waals surface area contributed by atoms with Gasteiger partial charge in [-0.15, -0.1) is 0 Å². The Morgan fingerprint density at radius 1 is 1.30 bits per heavy atom. The third-order valence-electron chi connectivity index (χ3n) is 3.47. The van der Waals surface area contributed by atoms with Crippen molar-refractivity contribution in [2.45, 2.75) is 26.4 Å². The second kappa shape index (κ2) is 6.75. The molecule has 0 aliphatic rings. The summed E-state index contributed by atoms with van der Waals surface area (Å²) in [5.41, 5.74) is 0.278. The number of hydrogen-bond donors (Lipinski definition) is 3. The number of methoxy groups -OCH3 is 1. The lowest BCUT2D eigenvalue weighted by molar-refractivity contribution is 0.0364. The van der Waals surface area contributed by atoms with Crippen LogP contribution in [0.2, 0.25) is 0 Å². The van der Waals surface area contributed by atoms with Crippen molar-refractivity contribution < 1.29 is 19.1 Å². The van der Waals surface area contributed by atoms with Crippen LogP contribution in [0.5, 0.6) is 5.75 Å². The van der Waals surface area contributed by atoms with Crippen LogP contribution in [-0.4, -0.2) is 24.8 Å². The van der Waals surface area contributed by atoms with Gasteiger partial charge in [0.25, 0.3) is 0 Å². The lowest BCUT2D eigenvalue weighted by atomic mass is 10.0. The van der Waals surface area contributed by atoms with Crippen LogP contribution < -0.4 is 15.4 Å². The van der Waals surface area contributed by atoms with E-state index < -0.39 is 11.6 Å². The highest BCUT2D eigenvalue weighted by Crippen LogP contribution is 2.25. The van der Waals surface area contributed by atoms with Crippen molar-refractivity contribution in [3.63, 3.8) is 0 Å². The summed E-state index contributed by atoms with van der Waals surface area (Å²) in [4.78, 5) is 12.1. The van der Waals surface area contributed by atoms with Gasteiger partial charge in [-0.3, -0.25) is 0 Å². The van der Waals surface area contributed by atoms with Crippen LogP contribution in [0.25, 0.3) is 0 Å². The second-order valence-electron chi connectivity index (χ2n) is 5.70. The third-order valence-corrected chi connectivity index (χ3v) is 3.47. The molecule has 2 amide bonds. The maximum atomic E-state index is 12.1. The number of aryl methyl sites for hydroxylation is 2. The number of nitrogens with one attached hydrogen (secondary N) is 2. The molecule has 0 aliphatic carbocycles. The van der Waals surface area contributed by atoms with Gasteiger partial charge >= 0.3 is 6.03 Å². The Bertz CT molecular complexity index is 692. The van der Waals surface area contributed by atoms with Gasteiger partial charge in [-0.05, 0) is 50.6 Å². The van der Waals surface area contributed by atoms with Gasteiger partial charge in [0.15, 0.2) is 0 Å². The van der Waals surface area contributed by atoms with Crippen LogP contribution in [0.15, 0.2) is 34.7 Å². The molecule has 124 valence electrons. The molecule has 1 atom stereocenters. The van der Waals surface area contributed by atoms with Gasteiger partial charge in [0, 0.05) is 0 Å². The van der Waals surface area contributed by atoms with Crippen molar-refractivity contribution in [1.29, 1.82) is 0 Å². The van der Waals surface area contributed by atoms with E-state index in [1.807, 2.05) is 19.1 Å². The average Bonchev–Trinajstić information content (AvgIpc) is 2.93. The van der Waals surface area contributed by atoms with E-state index in [9.17, 15) is 9.90 Å². The van der Waals surface area contributed by atoms with Gasteiger partial charge in [-0.1, -0.05) is 6.07 Å². The molecule has 2 aromatic rings. The number of benzene rings is 1. The van der Waals surface area contributed by atoms with E-state index in [2.05, 4.69) is 10.6 Å². The molecule has 3 N–H and O–H groups in total. The Morgan fingerprint density at radius 2 is 2.04 bits per heavy atom. The molecule has 1 aromatic heterocycles. The van der Waals surface area contributed by atoms with E-state index in [1.165, 1.54) is 7.11 Å². The van der Waals surface area contributed by atoms with Crippen molar-refractivity contribution in [3.8, 4) is 5.75 Å². The Hall–Kier alpha value is -2.47. The summed E-state index contributed by atoms with van der Waals surface area (Å²) < 4.78 is 10.6. The largest absolute Gasteiger partial charge is 0.495 e. The SMILES string of the molecule is COc1ccc(C)cc1NC(=O)NCC(C)(O)c1ccc(C)o1. The van der Waals surface area contributed by atoms with Crippen LogP contribution in [-0.2, 0) is 5.60 Å². The highest BCUT2D eigenvalue weighted by atomic mass is 16.5. The van der Waals surface area contributed by atoms with Crippen LogP contribution in [0, 0.1) is 13.8 Å². The normalized spacial score (nSPS) is 13.3. The number of furan rings is 1. The molecule has 2 rings (SSSR count). The van der Waals surface area contributed by atoms with Gasteiger partial charge in [0.1, 0.15) is 22.9 Å². The topological polar surface area (TPSA) is 83.7 Å². The summed E-state index contributed by atoms with van der Waals surface area (Å²) in [7, 11) is 1.54. The summed E-state index contributed by atoms with van der Waals surface area (Å²) >= 11 is 0. The van der Waals surface area contributed by atoms with Crippen LogP contribution in [0.1, 0.15) is 24.0 Å². The molecule has 6 heteroatoms.